The lowest BCUT2D eigenvalue weighted by Crippen LogP contribution is -2.52. The fourth-order valence-electron chi connectivity index (χ4n) is 4.10. The van der Waals surface area contributed by atoms with E-state index in [9.17, 15) is 18.0 Å². The molecule has 2 aliphatic rings. The van der Waals surface area contributed by atoms with E-state index in [2.05, 4.69) is 31.6 Å². The lowest BCUT2D eigenvalue weighted by Gasteiger charge is -2.40. The number of hydrogen-bond donors (Lipinski definition) is 0. The van der Waals surface area contributed by atoms with E-state index in [-0.39, 0.29) is 22.0 Å². The minimum atomic E-state index is -3.19. The highest BCUT2D eigenvalue weighted by atomic mass is 79.9. The van der Waals surface area contributed by atoms with Gasteiger partial charge in [-0.1, -0.05) is 24.3 Å². The maximum Gasteiger partial charge on any atom is 0.387 e. The SMILES string of the molecule is O=C(c1cc(OC(F)F)c(F)cc1Br)N1Cc2ccccc2C[C@H]1CN1CCOCC1. The Kier molecular flexibility index (Phi) is 6.83. The minimum absolute atomic E-state index is 0.0865. The number of halogens is 4. The summed E-state index contributed by atoms with van der Waals surface area (Å²) in [7, 11) is 0. The van der Waals surface area contributed by atoms with Crippen LogP contribution in [0.25, 0.3) is 0 Å². The Hall–Kier alpha value is -2.10. The van der Waals surface area contributed by atoms with Gasteiger partial charge in [-0.05, 0) is 45.6 Å². The molecule has 1 fully saturated rings. The molecule has 4 rings (SSSR count). The number of carbonyl (C=O) groups is 1. The number of ether oxygens (including phenoxy) is 2. The molecule has 0 N–H and O–H groups in total. The van der Waals surface area contributed by atoms with Crippen molar-refractivity contribution >= 4 is 21.8 Å². The number of rotatable bonds is 5. The number of hydrogen-bond acceptors (Lipinski definition) is 4. The zero-order chi connectivity index (χ0) is 22.0. The zero-order valence-corrected chi connectivity index (χ0v) is 18.3. The second kappa shape index (κ2) is 9.58. The van der Waals surface area contributed by atoms with E-state index in [0.717, 1.165) is 30.8 Å². The van der Waals surface area contributed by atoms with Crippen LogP contribution >= 0.6 is 15.9 Å². The van der Waals surface area contributed by atoms with E-state index >= 15 is 0 Å². The van der Waals surface area contributed by atoms with Crippen molar-refractivity contribution in [3.63, 3.8) is 0 Å². The standard InChI is InChI=1S/C22H22BrF3N2O3/c23-18-11-19(24)20(31-22(25)26)10-17(18)21(29)28-12-15-4-2-1-3-14(15)9-16(28)13-27-5-7-30-8-6-27/h1-4,10-11,16,22H,5-9,12-13H2/t16-/m0/s1. The van der Waals surface area contributed by atoms with Crippen LogP contribution < -0.4 is 4.74 Å². The zero-order valence-electron chi connectivity index (χ0n) is 16.7. The molecule has 1 amide bonds. The summed E-state index contributed by atoms with van der Waals surface area (Å²) in [6.07, 6.45) is 0.679. The molecule has 31 heavy (non-hydrogen) atoms. The molecule has 2 aliphatic heterocycles. The maximum absolute atomic E-state index is 14.0. The van der Waals surface area contributed by atoms with E-state index in [1.807, 2.05) is 18.2 Å². The summed E-state index contributed by atoms with van der Waals surface area (Å²) in [5.74, 6) is -1.97. The van der Waals surface area contributed by atoms with Crippen LogP contribution in [0.1, 0.15) is 21.5 Å². The summed E-state index contributed by atoms with van der Waals surface area (Å²) in [4.78, 5) is 17.5. The van der Waals surface area contributed by atoms with E-state index < -0.39 is 18.2 Å². The predicted octanol–water partition coefficient (Wildman–Crippen LogP) is 4.09. The summed E-state index contributed by atoms with van der Waals surface area (Å²) in [5.41, 5.74) is 2.31. The Morgan fingerprint density at radius 3 is 2.61 bits per heavy atom. The quantitative estimate of drug-likeness (QED) is 0.622. The number of morpholine rings is 1. The van der Waals surface area contributed by atoms with Crippen molar-refractivity contribution in [3.05, 3.63) is 63.4 Å². The molecule has 0 aliphatic carbocycles. The van der Waals surface area contributed by atoms with Gasteiger partial charge in [-0.25, -0.2) is 4.39 Å². The van der Waals surface area contributed by atoms with Crippen LogP contribution in [0.3, 0.4) is 0 Å². The third-order valence-corrected chi connectivity index (χ3v) is 6.31. The monoisotopic (exact) mass is 498 g/mol. The van der Waals surface area contributed by atoms with Crippen molar-refractivity contribution in [2.75, 3.05) is 32.8 Å². The number of alkyl halides is 2. The maximum atomic E-state index is 14.0. The molecular weight excluding hydrogens is 477 g/mol. The average Bonchev–Trinajstić information content (AvgIpc) is 2.75. The Morgan fingerprint density at radius 1 is 1.19 bits per heavy atom. The highest BCUT2D eigenvalue weighted by molar-refractivity contribution is 9.10. The van der Waals surface area contributed by atoms with Crippen LogP contribution in [-0.4, -0.2) is 61.2 Å². The van der Waals surface area contributed by atoms with Crippen molar-refractivity contribution in [2.24, 2.45) is 0 Å². The van der Waals surface area contributed by atoms with Gasteiger partial charge >= 0.3 is 6.61 Å². The fraction of sp³-hybridized carbons (Fsp3) is 0.409. The number of fused-ring (bicyclic) bond motifs is 1. The number of benzene rings is 2. The molecule has 0 unspecified atom stereocenters. The topological polar surface area (TPSA) is 42.0 Å². The molecular formula is C22H22BrF3N2O3. The Balaban J connectivity index is 1.65. The number of nitrogens with zero attached hydrogens (tertiary/aromatic N) is 2. The molecule has 0 radical (unpaired) electrons. The summed E-state index contributed by atoms with van der Waals surface area (Å²) in [6.45, 7) is 0.736. The minimum Gasteiger partial charge on any atom is -0.432 e. The van der Waals surface area contributed by atoms with Gasteiger partial charge in [0.25, 0.3) is 5.91 Å². The summed E-state index contributed by atoms with van der Waals surface area (Å²) in [6, 6.07) is 9.85. The number of carbonyl (C=O) groups excluding carboxylic acids is 1. The van der Waals surface area contributed by atoms with E-state index in [4.69, 9.17) is 4.74 Å². The molecule has 9 heteroatoms. The van der Waals surface area contributed by atoms with Crippen LogP contribution in [0.15, 0.2) is 40.9 Å². The molecule has 2 heterocycles. The summed E-state index contributed by atoms with van der Waals surface area (Å²) < 4.78 is 49.3. The van der Waals surface area contributed by atoms with Crippen LogP contribution in [0.4, 0.5) is 13.2 Å². The Bertz CT molecular complexity index is 954. The third-order valence-electron chi connectivity index (χ3n) is 5.66. The first kappa shape index (κ1) is 22.1. The second-order valence-electron chi connectivity index (χ2n) is 7.61. The highest BCUT2D eigenvalue weighted by Gasteiger charge is 2.33. The molecule has 1 saturated heterocycles. The lowest BCUT2D eigenvalue weighted by molar-refractivity contribution is -0.0522. The van der Waals surface area contributed by atoms with Gasteiger partial charge in [0.15, 0.2) is 11.6 Å². The van der Waals surface area contributed by atoms with Gasteiger partial charge in [0.2, 0.25) is 0 Å². The van der Waals surface area contributed by atoms with Gasteiger partial charge < -0.3 is 14.4 Å². The van der Waals surface area contributed by atoms with Gasteiger partial charge in [-0.3, -0.25) is 9.69 Å². The fourth-order valence-corrected chi connectivity index (χ4v) is 4.59. The first-order valence-electron chi connectivity index (χ1n) is 10.0. The lowest BCUT2D eigenvalue weighted by atomic mass is 9.92. The third kappa shape index (κ3) is 5.05. The van der Waals surface area contributed by atoms with Gasteiger partial charge in [0.1, 0.15) is 0 Å². The van der Waals surface area contributed by atoms with Crippen molar-refractivity contribution in [1.29, 1.82) is 0 Å². The van der Waals surface area contributed by atoms with Gasteiger partial charge in [-0.2, -0.15) is 8.78 Å². The van der Waals surface area contributed by atoms with Crippen LogP contribution in [0, 0.1) is 5.82 Å². The van der Waals surface area contributed by atoms with Crippen molar-refractivity contribution in [3.8, 4) is 5.75 Å². The molecule has 0 bridgehead atoms. The highest BCUT2D eigenvalue weighted by Crippen LogP contribution is 2.31. The Morgan fingerprint density at radius 2 is 1.90 bits per heavy atom. The molecule has 2 aromatic carbocycles. The van der Waals surface area contributed by atoms with Crippen LogP contribution in [-0.2, 0) is 17.7 Å². The molecule has 1 atom stereocenters. The molecule has 0 spiro atoms. The summed E-state index contributed by atoms with van der Waals surface area (Å²) >= 11 is 3.21. The van der Waals surface area contributed by atoms with Gasteiger partial charge in [0, 0.05) is 36.7 Å². The number of amides is 1. The normalized spacial score (nSPS) is 19.4. The van der Waals surface area contributed by atoms with Crippen molar-refractivity contribution in [2.45, 2.75) is 25.6 Å². The average molecular weight is 499 g/mol. The largest absolute Gasteiger partial charge is 0.432 e. The van der Waals surface area contributed by atoms with Gasteiger partial charge in [0.05, 0.1) is 18.8 Å². The molecule has 2 aromatic rings. The molecule has 5 nitrogen and oxygen atoms in total. The van der Waals surface area contributed by atoms with E-state index in [0.29, 0.717) is 32.7 Å². The smallest absolute Gasteiger partial charge is 0.387 e. The molecule has 166 valence electrons. The van der Waals surface area contributed by atoms with Gasteiger partial charge in [-0.15, -0.1) is 0 Å². The van der Waals surface area contributed by atoms with E-state index in [1.54, 1.807) is 4.90 Å². The second-order valence-corrected chi connectivity index (χ2v) is 8.47. The van der Waals surface area contributed by atoms with E-state index in [1.165, 1.54) is 5.56 Å². The first-order valence-corrected chi connectivity index (χ1v) is 10.8. The predicted molar refractivity (Wildman–Crippen MR) is 112 cm³/mol. The molecule has 0 aromatic heterocycles. The van der Waals surface area contributed by atoms with Crippen LogP contribution in [0.5, 0.6) is 5.75 Å². The first-order chi connectivity index (χ1) is 14.9. The molecule has 0 saturated carbocycles. The summed E-state index contributed by atoms with van der Waals surface area (Å²) in [5, 5.41) is 0. The van der Waals surface area contributed by atoms with Crippen molar-refractivity contribution in [1.82, 2.24) is 9.80 Å². The van der Waals surface area contributed by atoms with Crippen LogP contribution in [0.2, 0.25) is 0 Å². The van der Waals surface area contributed by atoms with Crippen molar-refractivity contribution < 1.29 is 27.4 Å². The Labute approximate surface area is 186 Å².